The van der Waals surface area contributed by atoms with Crippen LogP contribution in [0.15, 0.2) is 36.4 Å². The van der Waals surface area contributed by atoms with Crippen molar-refractivity contribution in [3.63, 3.8) is 0 Å². The average Bonchev–Trinajstić information content (AvgIpc) is 3.35. The molecule has 0 radical (unpaired) electrons. The molecule has 2 fully saturated rings. The average molecular weight is 595 g/mol. The van der Waals surface area contributed by atoms with E-state index in [4.69, 9.17) is 9.47 Å². The molecule has 2 aromatic carbocycles. The first-order chi connectivity index (χ1) is 20.3. The Balaban J connectivity index is 1.83. The van der Waals surface area contributed by atoms with Gasteiger partial charge in [0.15, 0.2) is 5.41 Å². The van der Waals surface area contributed by atoms with Crippen LogP contribution in [0, 0.1) is 17.3 Å². The van der Waals surface area contributed by atoms with E-state index >= 15 is 0 Å². The molecule has 4 amide bonds. The van der Waals surface area contributed by atoms with Crippen molar-refractivity contribution < 1.29 is 57.3 Å². The number of nitrogens with zero attached hydrogens (tertiary/aromatic N) is 2. The van der Waals surface area contributed by atoms with E-state index in [1.165, 1.54) is 26.0 Å². The Morgan fingerprint density at radius 2 is 0.860 bits per heavy atom. The van der Waals surface area contributed by atoms with E-state index in [0.717, 1.165) is 52.7 Å². The van der Waals surface area contributed by atoms with Gasteiger partial charge in [-0.2, -0.15) is 0 Å². The number of benzene rings is 2. The molecule has 14 nitrogen and oxygen atoms in total. The smallest absolute Gasteiger partial charge is 0.338 e. The molecule has 0 aromatic heterocycles. The Labute approximate surface area is 244 Å². The van der Waals surface area contributed by atoms with Crippen molar-refractivity contribution in [3.05, 3.63) is 58.7 Å². The summed E-state index contributed by atoms with van der Waals surface area (Å²) < 4.78 is 18.8. The maximum absolute atomic E-state index is 14.1. The number of anilines is 2. The summed E-state index contributed by atoms with van der Waals surface area (Å²) in [4.78, 5) is 106. The molecular weight excluding hydrogens is 568 g/mol. The third kappa shape index (κ3) is 4.33. The fourth-order valence-corrected chi connectivity index (χ4v) is 5.52. The summed E-state index contributed by atoms with van der Waals surface area (Å²) in [5, 5.41) is 0. The van der Waals surface area contributed by atoms with Crippen LogP contribution >= 0.6 is 0 Å². The second-order valence-corrected chi connectivity index (χ2v) is 9.70. The highest BCUT2D eigenvalue weighted by Crippen LogP contribution is 2.52. The van der Waals surface area contributed by atoms with E-state index < -0.39 is 64.8 Å². The Kier molecular flexibility index (Phi) is 7.90. The molecule has 1 spiro atoms. The number of hydrogen-bond acceptors (Lipinski definition) is 12. The minimum Gasteiger partial charge on any atom is -0.465 e. The van der Waals surface area contributed by atoms with Gasteiger partial charge in [0, 0.05) is 0 Å². The first kappa shape index (κ1) is 30.6. The Morgan fingerprint density at radius 3 is 1.16 bits per heavy atom. The van der Waals surface area contributed by atoms with E-state index in [2.05, 4.69) is 9.47 Å². The molecule has 0 bridgehead atoms. The van der Waals surface area contributed by atoms with Gasteiger partial charge >= 0.3 is 23.9 Å². The van der Waals surface area contributed by atoms with Gasteiger partial charge in [-0.1, -0.05) is 13.8 Å². The number of esters is 4. The van der Waals surface area contributed by atoms with Crippen LogP contribution in [0.25, 0.3) is 0 Å². The number of imide groups is 2. The van der Waals surface area contributed by atoms with Crippen molar-refractivity contribution in [2.75, 3.05) is 38.2 Å². The normalized spacial score (nSPS) is 21.3. The lowest BCUT2D eigenvalue weighted by Crippen LogP contribution is -2.46. The molecule has 0 N–H and O–H groups in total. The van der Waals surface area contributed by atoms with Gasteiger partial charge in [-0.25, -0.2) is 29.0 Å². The molecule has 2 aliphatic rings. The fraction of sp³-hybridized carbons (Fsp3) is 0.310. The fourth-order valence-electron chi connectivity index (χ4n) is 5.52. The monoisotopic (exact) mass is 594 g/mol. The summed E-state index contributed by atoms with van der Waals surface area (Å²) in [6.45, 7) is 2.66. The third-order valence-corrected chi connectivity index (χ3v) is 7.81. The maximum atomic E-state index is 14.1. The van der Waals surface area contributed by atoms with E-state index in [-0.39, 0.29) is 33.6 Å². The summed E-state index contributed by atoms with van der Waals surface area (Å²) in [5.74, 6) is -10.1. The minimum absolute atomic E-state index is 0.145. The van der Waals surface area contributed by atoms with Crippen LogP contribution in [0.3, 0.4) is 0 Å². The second-order valence-electron chi connectivity index (χ2n) is 9.70. The van der Waals surface area contributed by atoms with E-state index in [1.54, 1.807) is 0 Å². The summed E-state index contributed by atoms with van der Waals surface area (Å²) in [7, 11) is 4.34. The molecule has 0 saturated carbocycles. The summed E-state index contributed by atoms with van der Waals surface area (Å²) in [6, 6.07) is 6.93. The molecule has 2 saturated heterocycles. The number of methoxy groups -OCH3 is 4. The lowest BCUT2D eigenvalue weighted by atomic mass is 9.70. The Morgan fingerprint density at radius 1 is 0.558 bits per heavy atom. The van der Waals surface area contributed by atoms with Gasteiger partial charge in [0.1, 0.15) is 0 Å². The zero-order chi connectivity index (χ0) is 32.0. The Bertz CT molecular complexity index is 1510. The molecule has 3 atom stereocenters. The number of ether oxygens (including phenoxy) is 4. The highest BCUT2D eigenvalue weighted by Gasteiger charge is 2.72. The third-order valence-electron chi connectivity index (χ3n) is 7.81. The number of hydrogen-bond donors (Lipinski definition) is 0. The SMILES string of the molecule is COC(=O)c1ccc(N2C(=O)C(C)C3(C2=O)C(=O)N(c2ccc(C(=O)OC)c(C(=O)OC)c2)C(=O)[C@@H]3C)cc1C(=O)OC. The lowest BCUT2D eigenvalue weighted by molar-refractivity contribution is -0.142. The largest absolute Gasteiger partial charge is 0.465 e. The molecule has 14 heteroatoms. The minimum atomic E-state index is -2.19. The molecule has 2 aromatic rings. The van der Waals surface area contributed by atoms with Crippen molar-refractivity contribution in [1.82, 2.24) is 0 Å². The molecule has 43 heavy (non-hydrogen) atoms. The molecule has 224 valence electrons. The van der Waals surface area contributed by atoms with Crippen LogP contribution in [0.5, 0.6) is 0 Å². The molecular formula is C29H26N2O12. The van der Waals surface area contributed by atoms with Crippen LogP contribution < -0.4 is 9.80 Å². The predicted octanol–water partition coefficient (Wildman–Crippen LogP) is 1.54. The standard InChI is InChI=1S/C29H26N2O12/c1-13-21(32)30(15-7-9-17(23(34)40-3)19(11-15)25(36)42-5)27(38)29(13)14(2)22(33)31(28(29)39)16-8-10-18(24(35)41-4)20(12-16)26(37)43-6/h7-14H,1-6H3/t13-,14?,29?/m0/s1. The molecule has 2 aliphatic heterocycles. The van der Waals surface area contributed by atoms with Crippen LogP contribution in [0.4, 0.5) is 11.4 Å². The Hall–Kier alpha value is -5.40. The van der Waals surface area contributed by atoms with E-state index in [1.807, 2.05) is 0 Å². The highest BCUT2D eigenvalue weighted by molar-refractivity contribution is 6.39. The lowest BCUT2D eigenvalue weighted by Gasteiger charge is -2.25. The molecule has 2 unspecified atom stereocenters. The van der Waals surface area contributed by atoms with E-state index in [9.17, 15) is 38.4 Å². The van der Waals surface area contributed by atoms with Crippen molar-refractivity contribution in [3.8, 4) is 0 Å². The van der Waals surface area contributed by atoms with Gasteiger partial charge in [-0.05, 0) is 36.4 Å². The van der Waals surface area contributed by atoms with Gasteiger partial charge in [-0.15, -0.1) is 0 Å². The van der Waals surface area contributed by atoms with Gasteiger partial charge in [0.2, 0.25) is 11.8 Å². The summed E-state index contributed by atoms with van der Waals surface area (Å²) in [5.41, 5.74) is -3.46. The van der Waals surface area contributed by atoms with Crippen LogP contribution in [0.2, 0.25) is 0 Å². The number of rotatable bonds is 6. The quantitative estimate of drug-likeness (QED) is 0.204. The van der Waals surface area contributed by atoms with Gasteiger partial charge < -0.3 is 18.9 Å². The van der Waals surface area contributed by atoms with Gasteiger partial charge in [0.05, 0.1) is 73.9 Å². The van der Waals surface area contributed by atoms with Crippen molar-refractivity contribution >= 4 is 58.9 Å². The number of amides is 4. The second kappa shape index (κ2) is 11.1. The van der Waals surface area contributed by atoms with Gasteiger partial charge in [-0.3, -0.25) is 19.2 Å². The first-order valence-corrected chi connectivity index (χ1v) is 12.7. The van der Waals surface area contributed by atoms with Crippen LogP contribution in [0.1, 0.15) is 55.3 Å². The zero-order valence-electron chi connectivity index (χ0n) is 23.9. The van der Waals surface area contributed by atoms with E-state index in [0.29, 0.717) is 9.80 Å². The number of carbonyl (C=O) groups is 8. The van der Waals surface area contributed by atoms with Crippen molar-refractivity contribution in [1.29, 1.82) is 0 Å². The van der Waals surface area contributed by atoms with Gasteiger partial charge in [0.25, 0.3) is 11.8 Å². The van der Waals surface area contributed by atoms with Crippen molar-refractivity contribution in [2.45, 2.75) is 13.8 Å². The number of carbonyl (C=O) groups excluding carboxylic acids is 8. The maximum Gasteiger partial charge on any atom is 0.338 e. The predicted molar refractivity (Wildman–Crippen MR) is 144 cm³/mol. The van der Waals surface area contributed by atoms with Crippen LogP contribution in [-0.2, 0) is 38.1 Å². The molecule has 2 heterocycles. The topological polar surface area (TPSA) is 180 Å². The highest BCUT2D eigenvalue weighted by atomic mass is 16.5. The summed E-state index contributed by atoms with van der Waals surface area (Å²) >= 11 is 0. The molecule has 4 rings (SSSR count). The zero-order valence-corrected chi connectivity index (χ0v) is 23.9. The van der Waals surface area contributed by atoms with Crippen molar-refractivity contribution in [2.24, 2.45) is 17.3 Å². The first-order valence-electron chi connectivity index (χ1n) is 12.7. The van der Waals surface area contributed by atoms with Crippen LogP contribution in [-0.4, -0.2) is 75.9 Å². The molecule has 0 aliphatic carbocycles. The summed E-state index contributed by atoms with van der Waals surface area (Å²) in [6.07, 6.45) is 0.